The molecule has 19 heavy (non-hydrogen) atoms. The van der Waals surface area contributed by atoms with Gasteiger partial charge in [-0.2, -0.15) is 5.26 Å². The second-order valence-electron chi connectivity index (χ2n) is 5.05. The molecule has 2 unspecified atom stereocenters. The number of nitrogens with one attached hydrogen (secondary N) is 1. The van der Waals surface area contributed by atoms with Crippen LogP contribution in [-0.4, -0.2) is 74.7 Å². The summed E-state index contributed by atoms with van der Waals surface area (Å²) in [5.41, 5.74) is 0. The average molecular weight is 268 g/mol. The molecular weight excluding hydrogens is 244 g/mol. The van der Waals surface area contributed by atoms with Gasteiger partial charge in [0.15, 0.2) is 0 Å². The summed E-state index contributed by atoms with van der Waals surface area (Å²) in [5.74, 6) is 0.0133. The number of nitriles is 1. The van der Waals surface area contributed by atoms with Gasteiger partial charge in [-0.25, -0.2) is 0 Å². The minimum Gasteiger partial charge on any atom is -0.374 e. The summed E-state index contributed by atoms with van der Waals surface area (Å²) in [7, 11) is 3.79. The molecule has 1 N–H and O–H groups in total. The normalized spacial score (nSPS) is 21.7. The fraction of sp³-hybridized carbons (Fsp3) is 0.846. The Hall–Kier alpha value is -1.16. The average Bonchev–Trinajstić information content (AvgIpc) is 2.41. The van der Waals surface area contributed by atoms with E-state index >= 15 is 0 Å². The van der Waals surface area contributed by atoms with Crippen molar-refractivity contribution in [2.24, 2.45) is 0 Å². The lowest BCUT2D eigenvalue weighted by atomic mass is 10.2. The number of carbonyl (C=O) groups is 1. The molecule has 0 spiro atoms. The number of nitrogens with zero attached hydrogens (tertiary/aromatic N) is 3. The van der Waals surface area contributed by atoms with E-state index in [0.29, 0.717) is 19.5 Å². The molecule has 0 aliphatic carbocycles. The van der Waals surface area contributed by atoms with Gasteiger partial charge in [0.2, 0.25) is 5.91 Å². The third kappa shape index (κ3) is 5.55. The van der Waals surface area contributed by atoms with Gasteiger partial charge in [-0.1, -0.05) is 0 Å². The molecule has 1 amide bonds. The van der Waals surface area contributed by atoms with Crippen molar-refractivity contribution in [3.8, 4) is 6.07 Å². The lowest BCUT2D eigenvalue weighted by Gasteiger charge is -2.31. The van der Waals surface area contributed by atoms with E-state index in [9.17, 15) is 4.79 Å². The molecular formula is C13H24N4O2. The molecule has 1 aliphatic heterocycles. The number of likely N-dealkylation sites (N-methyl/N-ethyl adjacent to an activating group) is 2. The Morgan fingerprint density at radius 2 is 2.42 bits per heavy atom. The highest BCUT2D eigenvalue weighted by Crippen LogP contribution is 2.02. The molecule has 1 rings (SSSR count). The Morgan fingerprint density at radius 3 is 3.05 bits per heavy atom. The van der Waals surface area contributed by atoms with Crippen molar-refractivity contribution in [1.82, 2.24) is 15.1 Å². The molecule has 1 fully saturated rings. The van der Waals surface area contributed by atoms with Crippen LogP contribution in [0.1, 0.15) is 13.3 Å². The summed E-state index contributed by atoms with van der Waals surface area (Å²) < 4.78 is 5.63. The first-order valence-electron chi connectivity index (χ1n) is 6.70. The van der Waals surface area contributed by atoms with Crippen molar-refractivity contribution >= 4 is 5.91 Å². The quantitative estimate of drug-likeness (QED) is 0.714. The van der Waals surface area contributed by atoms with Gasteiger partial charge in [0.1, 0.15) is 0 Å². The lowest BCUT2D eigenvalue weighted by Crippen LogP contribution is -2.50. The number of carbonyl (C=O) groups excluding carboxylic acids is 1. The molecule has 1 aliphatic rings. The summed E-state index contributed by atoms with van der Waals surface area (Å²) in [6, 6.07) is 1.79. The van der Waals surface area contributed by atoms with Crippen molar-refractivity contribution < 1.29 is 9.53 Å². The highest BCUT2D eigenvalue weighted by atomic mass is 16.5. The predicted octanol–water partition coefficient (Wildman–Crippen LogP) is -0.333. The number of ether oxygens (including phenoxy) is 1. The third-order valence-electron chi connectivity index (χ3n) is 3.30. The molecule has 0 aromatic heterocycles. The van der Waals surface area contributed by atoms with E-state index in [4.69, 9.17) is 10.00 Å². The van der Waals surface area contributed by atoms with Gasteiger partial charge in [-0.15, -0.1) is 0 Å². The van der Waals surface area contributed by atoms with Gasteiger partial charge in [0.05, 0.1) is 31.2 Å². The largest absolute Gasteiger partial charge is 0.374 e. The Morgan fingerprint density at radius 1 is 1.68 bits per heavy atom. The van der Waals surface area contributed by atoms with Crippen LogP contribution in [0.3, 0.4) is 0 Å². The number of hydrogen-bond acceptors (Lipinski definition) is 5. The predicted molar refractivity (Wildman–Crippen MR) is 72.6 cm³/mol. The molecule has 108 valence electrons. The zero-order valence-corrected chi connectivity index (χ0v) is 12.1. The van der Waals surface area contributed by atoms with Crippen LogP contribution in [0, 0.1) is 11.3 Å². The van der Waals surface area contributed by atoms with Crippen molar-refractivity contribution in [2.75, 3.05) is 46.9 Å². The molecule has 0 radical (unpaired) electrons. The molecule has 2 atom stereocenters. The van der Waals surface area contributed by atoms with Crippen molar-refractivity contribution in [2.45, 2.75) is 25.5 Å². The summed E-state index contributed by atoms with van der Waals surface area (Å²) in [6.45, 7) is 5.58. The summed E-state index contributed by atoms with van der Waals surface area (Å²) in [6.07, 6.45) is 0.504. The highest BCUT2D eigenvalue weighted by Gasteiger charge is 2.21. The van der Waals surface area contributed by atoms with Gasteiger partial charge in [0.25, 0.3) is 0 Å². The lowest BCUT2D eigenvalue weighted by molar-refractivity contribution is -0.131. The van der Waals surface area contributed by atoms with Crippen LogP contribution in [0.15, 0.2) is 0 Å². The van der Waals surface area contributed by atoms with E-state index in [1.54, 1.807) is 11.9 Å². The van der Waals surface area contributed by atoms with Gasteiger partial charge in [-0.3, -0.25) is 4.79 Å². The fourth-order valence-electron chi connectivity index (χ4n) is 2.04. The van der Waals surface area contributed by atoms with Crippen LogP contribution >= 0.6 is 0 Å². The minimum atomic E-state index is -0.250. The second-order valence-corrected chi connectivity index (χ2v) is 5.05. The van der Waals surface area contributed by atoms with Crippen molar-refractivity contribution in [3.63, 3.8) is 0 Å². The Kier molecular flexibility index (Phi) is 6.78. The minimum absolute atomic E-state index is 0.0133. The summed E-state index contributed by atoms with van der Waals surface area (Å²) in [4.78, 5) is 15.8. The molecule has 6 nitrogen and oxygen atoms in total. The maximum Gasteiger partial charge on any atom is 0.239 e. The van der Waals surface area contributed by atoms with Crippen LogP contribution in [0.2, 0.25) is 0 Å². The number of rotatable bonds is 6. The van der Waals surface area contributed by atoms with Crippen molar-refractivity contribution in [3.05, 3.63) is 0 Å². The topological polar surface area (TPSA) is 68.6 Å². The number of morpholine rings is 1. The Balaban J connectivity index is 2.28. The smallest absolute Gasteiger partial charge is 0.239 e. The Bertz CT molecular complexity index is 329. The molecule has 1 saturated heterocycles. The van der Waals surface area contributed by atoms with E-state index in [0.717, 1.165) is 19.7 Å². The maximum atomic E-state index is 12.0. The molecule has 0 saturated carbocycles. The van der Waals surface area contributed by atoms with Crippen LogP contribution in [0.4, 0.5) is 0 Å². The highest BCUT2D eigenvalue weighted by molar-refractivity contribution is 5.81. The zero-order valence-electron chi connectivity index (χ0n) is 12.1. The van der Waals surface area contributed by atoms with E-state index in [-0.39, 0.29) is 18.1 Å². The van der Waals surface area contributed by atoms with Crippen LogP contribution in [0.5, 0.6) is 0 Å². The zero-order chi connectivity index (χ0) is 14.3. The first-order valence-corrected chi connectivity index (χ1v) is 6.70. The molecule has 6 heteroatoms. The van der Waals surface area contributed by atoms with Crippen LogP contribution < -0.4 is 5.32 Å². The Labute approximate surface area is 115 Å². The summed E-state index contributed by atoms with van der Waals surface area (Å²) in [5, 5.41) is 11.7. The maximum absolute atomic E-state index is 12.0. The van der Waals surface area contributed by atoms with Crippen LogP contribution in [0.25, 0.3) is 0 Å². The second kappa shape index (κ2) is 8.10. The van der Waals surface area contributed by atoms with Gasteiger partial charge in [-0.05, 0) is 14.0 Å². The molecule has 0 aromatic rings. The van der Waals surface area contributed by atoms with Crippen LogP contribution in [-0.2, 0) is 9.53 Å². The molecule has 0 bridgehead atoms. The molecule has 0 aromatic carbocycles. The van der Waals surface area contributed by atoms with E-state index in [1.807, 2.05) is 13.0 Å². The SMILES string of the molecule is CC(NCC1CN(C)CCO1)C(=O)N(C)CCC#N. The summed E-state index contributed by atoms with van der Waals surface area (Å²) >= 11 is 0. The first kappa shape index (κ1) is 15.9. The van der Waals surface area contributed by atoms with E-state index < -0.39 is 0 Å². The first-order chi connectivity index (χ1) is 9.04. The molecule has 1 heterocycles. The van der Waals surface area contributed by atoms with E-state index in [1.165, 1.54) is 0 Å². The standard InChI is InChI=1S/C13H24N4O2/c1-11(13(18)17(3)6-4-5-14)15-9-12-10-16(2)7-8-19-12/h11-12,15H,4,6-10H2,1-3H3. The number of hydrogen-bond donors (Lipinski definition) is 1. The number of amides is 1. The monoisotopic (exact) mass is 268 g/mol. The third-order valence-corrected chi connectivity index (χ3v) is 3.30. The van der Waals surface area contributed by atoms with Crippen molar-refractivity contribution in [1.29, 1.82) is 5.26 Å². The van der Waals surface area contributed by atoms with Gasteiger partial charge >= 0.3 is 0 Å². The van der Waals surface area contributed by atoms with Gasteiger partial charge < -0.3 is 19.9 Å². The fourth-order valence-corrected chi connectivity index (χ4v) is 2.04. The van der Waals surface area contributed by atoms with Gasteiger partial charge in [0, 0.05) is 33.2 Å². The van der Waals surface area contributed by atoms with E-state index in [2.05, 4.69) is 17.3 Å².